The topological polar surface area (TPSA) is 66.2 Å². The van der Waals surface area contributed by atoms with Gasteiger partial charge < -0.3 is 15.3 Å². The molecule has 2 heterocycles. The van der Waals surface area contributed by atoms with Gasteiger partial charge in [0, 0.05) is 38.6 Å². The molecule has 102 valence electrons. The van der Waals surface area contributed by atoms with Gasteiger partial charge in [0.2, 0.25) is 0 Å². The lowest BCUT2D eigenvalue weighted by atomic mass is 10.3. The molecule has 0 unspecified atom stereocenters. The molecule has 0 spiro atoms. The van der Waals surface area contributed by atoms with E-state index in [1.165, 1.54) is 0 Å². The smallest absolute Gasteiger partial charge is 0.151 e. The Morgan fingerprint density at radius 1 is 1.42 bits per heavy atom. The van der Waals surface area contributed by atoms with E-state index in [2.05, 4.69) is 15.4 Å². The molecule has 0 saturated heterocycles. The number of hydrogen-bond acceptors (Lipinski definition) is 5. The van der Waals surface area contributed by atoms with Crippen LogP contribution in [0.4, 0.5) is 11.5 Å². The van der Waals surface area contributed by atoms with Crippen LogP contribution in [0, 0.1) is 0 Å². The highest BCUT2D eigenvalue weighted by Crippen LogP contribution is 2.20. The third-order valence-corrected chi connectivity index (χ3v) is 2.71. The minimum atomic E-state index is 0.0991. The second kappa shape index (κ2) is 6.19. The van der Waals surface area contributed by atoms with Gasteiger partial charge in [-0.15, -0.1) is 0 Å². The summed E-state index contributed by atoms with van der Waals surface area (Å²) >= 11 is 0. The monoisotopic (exact) mass is 261 g/mol. The molecule has 2 aromatic heterocycles. The highest BCUT2D eigenvalue weighted by molar-refractivity contribution is 5.64. The van der Waals surface area contributed by atoms with Crippen LogP contribution in [0.2, 0.25) is 0 Å². The molecule has 0 saturated carbocycles. The SMILES string of the molecule is CN(C)c1ncccc1NCc1cnn(CCO)c1. The Labute approximate surface area is 112 Å². The predicted molar refractivity (Wildman–Crippen MR) is 75.2 cm³/mol. The molecule has 6 nitrogen and oxygen atoms in total. The zero-order valence-corrected chi connectivity index (χ0v) is 11.2. The number of anilines is 2. The molecule has 0 bridgehead atoms. The summed E-state index contributed by atoms with van der Waals surface area (Å²) in [4.78, 5) is 6.30. The maximum atomic E-state index is 8.84. The molecule has 0 atom stereocenters. The molecule has 2 aromatic rings. The van der Waals surface area contributed by atoms with Crippen LogP contribution in [0.5, 0.6) is 0 Å². The molecule has 6 heteroatoms. The number of hydrogen-bond donors (Lipinski definition) is 2. The van der Waals surface area contributed by atoms with Crippen LogP contribution in [-0.2, 0) is 13.1 Å². The van der Waals surface area contributed by atoms with Crippen molar-refractivity contribution < 1.29 is 5.11 Å². The Morgan fingerprint density at radius 2 is 2.26 bits per heavy atom. The first kappa shape index (κ1) is 13.4. The lowest BCUT2D eigenvalue weighted by molar-refractivity contribution is 0.269. The number of nitrogens with zero attached hydrogens (tertiary/aromatic N) is 4. The number of aromatic nitrogens is 3. The van der Waals surface area contributed by atoms with Gasteiger partial charge in [-0.05, 0) is 12.1 Å². The van der Waals surface area contributed by atoms with Crippen molar-refractivity contribution >= 4 is 11.5 Å². The van der Waals surface area contributed by atoms with Gasteiger partial charge in [-0.1, -0.05) is 0 Å². The summed E-state index contributed by atoms with van der Waals surface area (Å²) < 4.78 is 1.73. The number of aliphatic hydroxyl groups is 1. The first-order chi connectivity index (χ1) is 9.20. The second-order valence-electron chi connectivity index (χ2n) is 4.46. The standard InChI is InChI=1S/C13H19N5O/c1-17(2)13-12(4-3-5-14-13)15-8-11-9-16-18(10-11)6-7-19/h3-5,9-10,15,19H,6-8H2,1-2H3. The second-order valence-corrected chi connectivity index (χ2v) is 4.46. The first-order valence-electron chi connectivity index (χ1n) is 6.19. The first-order valence-corrected chi connectivity index (χ1v) is 6.19. The molecule has 0 aliphatic carbocycles. The normalized spacial score (nSPS) is 10.5. The van der Waals surface area contributed by atoms with Gasteiger partial charge in [0.15, 0.2) is 5.82 Å². The van der Waals surface area contributed by atoms with Gasteiger partial charge in [0.05, 0.1) is 25.0 Å². The zero-order valence-electron chi connectivity index (χ0n) is 11.2. The van der Waals surface area contributed by atoms with Crippen LogP contribution >= 0.6 is 0 Å². The van der Waals surface area contributed by atoms with Crippen molar-refractivity contribution in [2.45, 2.75) is 13.1 Å². The van der Waals surface area contributed by atoms with Crippen LogP contribution < -0.4 is 10.2 Å². The summed E-state index contributed by atoms with van der Waals surface area (Å²) in [6.45, 7) is 1.30. The van der Waals surface area contributed by atoms with Crippen LogP contribution in [0.1, 0.15) is 5.56 Å². The minimum Gasteiger partial charge on any atom is -0.394 e. The number of pyridine rings is 1. The summed E-state index contributed by atoms with van der Waals surface area (Å²) in [5.41, 5.74) is 2.06. The molecule has 0 radical (unpaired) electrons. The van der Waals surface area contributed by atoms with Gasteiger partial charge in [-0.25, -0.2) is 4.98 Å². The summed E-state index contributed by atoms with van der Waals surface area (Å²) in [7, 11) is 3.93. The molecular formula is C13H19N5O. The van der Waals surface area contributed by atoms with E-state index >= 15 is 0 Å². The summed E-state index contributed by atoms with van der Waals surface area (Å²) in [5.74, 6) is 0.908. The fraction of sp³-hybridized carbons (Fsp3) is 0.385. The summed E-state index contributed by atoms with van der Waals surface area (Å²) in [6.07, 6.45) is 5.50. The van der Waals surface area contributed by atoms with E-state index in [0.717, 1.165) is 17.1 Å². The van der Waals surface area contributed by atoms with Crippen molar-refractivity contribution in [2.75, 3.05) is 30.9 Å². The Morgan fingerprint density at radius 3 is 3.00 bits per heavy atom. The number of nitrogens with one attached hydrogen (secondary N) is 1. The third kappa shape index (κ3) is 3.45. The van der Waals surface area contributed by atoms with Crippen molar-refractivity contribution in [3.63, 3.8) is 0 Å². The van der Waals surface area contributed by atoms with E-state index < -0.39 is 0 Å². The van der Waals surface area contributed by atoms with Crippen molar-refractivity contribution in [3.05, 3.63) is 36.3 Å². The fourth-order valence-electron chi connectivity index (χ4n) is 1.81. The van der Waals surface area contributed by atoms with Crippen molar-refractivity contribution in [1.82, 2.24) is 14.8 Å². The fourth-order valence-corrected chi connectivity index (χ4v) is 1.81. The molecule has 0 fully saturated rings. The molecule has 0 aliphatic heterocycles. The molecule has 0 amide bonds. The minimum absolute atomic E-state index is 0.0991. The quantitative estimate of drug-likeness (QED) is 0.810. The van der Waals surface area contributed by atoms with Gasteiger partial charge in [-0.3, -0.25) is 4.68 Å². The lowest BCUT2D eigenvalue weighted by Crippen LogP contribution is -2.13. The molecule has 0 aliphatic rings. The van der Waals surface area contributed by atoms with Crippen molar-refractivity contribution in [1.29, 1.82) is 0 Å². The highest BCUT2D eigenvalue weighted by atomic mass is 16.3. The zero-order chi connectivity index (χ0) is 13.7. The summed E-state index contributed by atoms with van der Waals surface area (Å²) in [5, 5.41) is 16.4. The maximum absolute atomic E-state index is 8.84. The van der Waals surface area contributed by atoms with E-state index in [4.69, 9.17) is 5.11 Å². The summed E-state index contributed by atoms with van der Waals surface area (Å²) in [6, 6.07) is 3.91. The average molecular weight is 261 g/mol. The Hall–Kier alpha value is -2.08. The van der Waals surface area contributed by atoms with Crippen LogP contribution in [-0.4, -0.2) is 40.6 Å². The Kier molecular flexibility index (Phi) is 4.35. The van der Waals surface area contributed by atoms with E-state index in [9.17, 15) is 0 Å². The van der Waals surface area contributed by atoms with Gasteiger partial charge >= 0.3 is 0 Å². The largest absolute Gasteiger partial charge is 0.394 e. The molecule has 0 aromatic carbocycles. The highest BCUT2D eigenvalue weighted by Gasteiger charge is 2.05. The van der Waals surface area contributed by atoms with Gasteiger partial charge in [0.1, 0.15) is 0 Å². The Bertz CT molecular complexity index is 523. The van der Waals surface area contributed by atoms with Crippen molar-refractivity contribution in [3.8, 4) is 0 Å². The van der Waals surface area contributed by atoms with E-state index in [-0.39, 0.29) is 6.61 Å². The maximum Gasteiger partial charge on any atom is 0.151 e. The number of rotatable bonds is 6. The molecule has 19 heavy (non-hydrogen) atoms. The average Bonchev–Trinajstić information content (AvgIpc) is 2.85. The van der Waals surface area contributed by atoms with E-state index in [0.29, 0.717) is 13.1 Å². The molecular weight excluding hydrogens is 242 g/mol. The molecule has 2 rings (SSSR count). The van der Waals surface area contributed by atoms with Crippen LogP contribution in [0.25, 0.3) is 0 Å². The van der Waals surface area contributed by atoms with E-state index in [1.807, 2.05) is 37.3 Å². The lowest BCUT2D eigenvalue weighted by Gasteiger charge is -2.16. The van der Waals surface area contributed by atoms with Crippen molar-refractivity contribution in [2.24, 2.45) is 0 Å². The third-order valence-electron chi connectivity index (χ3n) is 2.71. The van der Waals surface area contributed by atoms with Crippen LogP contribution in [0.15, 0.2) is 30.7 Å². The number of aliphatic hydroxyl groups excluding tert-OH is 1. The van der Waals surface area contributed by atoms with Gasteiger partial charge in [-0.2, -0.15) is 5.10 Å². The van der Waals surface area contributed by atoms with E-state index in [1.54, 1.807) is 17.1 Å². The Balaban J connectivity index is 2.01. The molecule has 2 N–H and O–H groups in total. The van der Waals surface area contributed by atoms with Crippen LogP contribution in [0.3, 0.4) is 0 Å². The van der Waals surface area contributed by atoms with Gasteiger partial charge in [0.25, 0.3) is 0 Å². The predicted octanol–water partition coefficient (Wildman–Crippen LogP) is 0.948.